The number of hydrogen-bond acceptors (Lipinski definition) is 4. The Kier molecular flexibility index (Phi) is 8.80. The Morgan fingerprint density at radius 3 is 2.63 bits per heavy atom. The van der Waals surface area contributed by atoms with Gasteiger partial charge < -0.3 is 13.8 Å². The third kappa shape index (κ3) is 5.97. The zero-order valence-corrected chi connectivity index (χ0v) is 20.3. The molecule has 0 unspecified atom stereocenters. The molecule has 0 fully saturated rings. The van der Waals surface area contributed by atoms with Crippen LogP contribution in [-0.4, -0.2) is 16.3 Å². The summed E-state index contributed by atoms with van der Waals surface area (Å²) in [6.45, 7) is 7.11. The first kappa shape index (κ1) is 26.1. The first-order valence-corrected chi connectivity index (χ1v) is 12.0. The Balaban J connectivity index is 0.00000167. The summed E-state index contributed by atoms with van der Waals surface area (Å²) in [5.74, 6) is 0.536. The Labute approximate surface area is 203 Å². The molecule has 5 nitrogen and oxygen atoms in total. The predicted molar refractivity (Wildman–Crippen MR) is 130 cm³/mol. The standard InChI is InChI=1S/C25H24F3N3O2.C2H6/c1-2-5-19-22(10-8-20-23(19)33-30-24(20)25(26,27)28)32-15-4-13-31-14-11-18-16-17(6-3-12-29)7-9-21(18)31;1-2/h7-11,14,16H,2-6,13,15H2,1H3;1-2H3. The third-order valence-corrected chi connectivity index (χ3v) is 5.63. The van der Waals surface area contributed by atoms with Gasteiger partial charge in [-0.2, -0.15) is 18.4 Å². The molecule has 0 amide bonds. The Bertz CT molecular complexity index is 1300. The van der Waals surface area contributed by atoms with E-state index in [-0.39, 0.29) is 11.0 Å². The normalized spacial score (nSPS) is 11.3. The van der Waals surface area contributed by atoms with Crippen LogP contribution in [0.15, 0.2) is 47.1 Å². The molecule has 0 spiro atoms. The number of nitriles is 1. The molecule has 8 heteroatoms. The van der Waals surface area contributed by atoms with Gasteiger partial charge in [0, 0.05) is 30.2 Å². The second-order valence-corrected chi connectivity index (χ2v) is 7.96. The lowest BCUT2D eigenvalue weighted by molar-refractivity contribution is -0.141. The first-order chi connectivity index (χ1) is 16.9. The molecular weight excluding hydrogens is 455 g/mol. The van der Waals surface area contributed by atoms with E-state index in [0.717, 1.165) is 42.3 Å². The zero-order chi connectivity index (χ0) is 25.4. The highest BCUT2D eigenvalue weighted by Crippen LogP contribution is 2.38. The van der Waals surface area contributed by atoms with Crippen molar-refractivity contribution in [3.05, 3.63) is 59.4 Å². The van der Waals surface area contributed by atoms with E-state index in [2.05, 4.69) is 34.0 Å². The molecule has 2 heterocycles. The summed E-state index contributed by atoms with van der Waals surface area (Å²) in [4.78, 5) is 0. The number of fused-ring (bicyclic) bond motifs is 2. The minimum absolute atomic E-state index is 0.0359. The Morgan fingerprint density at radius 1 is 1.11 bits per heavy atom. The lowest BCUT2D eigenvalue weighted by Gasteiger charge is -2.12. The van der Waals surface area contributed by atoms with Crippen molar-refractivity contribution in [2.24, 2.45) is 0 Å². The molecular formula is C27H30F3N3O2. The van der Waals surface area contributed by atoms with Crippen molar-refractivity contribution >= 4 is 21.9 Å². The van der Waals surface area contributed by atoms with Gasteiger partial charge in [-0.25, -0.2) is 0 Å². The van der Waals surface area contributed by atoms with Crippen molar-refractivity contribution in [1.82, 2.24) is 9.72 Å². The molecule has 0 N–H and O–H groups in total. The number of alkyl halides is 3. The molecule has 0 aliphatic heterocycles. The van der Waals surface area contributed by atoms with Crippen LogP contribution in [0.5, 0.6) is 5.75 Å². The van der Waals surface area contributed by atoms with E-state index in [0.29, 0.717) is 30.8 Å². The summed E-state index contributed by atoms with van der Waals surface area (Å²) in [5.41, 5.74) is 2.02. The van der Waals surface area contributed by atoms with Crippen molar-refractivity contribution in [2.75, 3.05) is 6.61 Å². The summed E-state index contributed by atoms with van der Waals surface area (Å²) in [7, 11) is 0. The van der Waals surface area contributed by atoms with E-state index in [9.17, 15) is 13.2 Å². The van der Waals surface area contributed by atoms with E-state index in [1.165, 1.54) is 6.07 Å². The highest BCUT2D eigenvalue weighted by Gasteiger charge is 2.37. The second-order valence-electron chi connectivity index (χ2n) is 7.96. The summed E-state index contributed by atoms with van der Waals surface area (Å²) in [5, 5.41) is 13.1. The van der Waals surface area contributed by atoms with Gasteiger partial charge in [-0.1, -0.05) is 38.4 Å². The number of nitrogens with zero attached hydrogens (tertiary/aromatic N) is 3. The monoisotopic (exact) mass is 485 g/mol. The maximum atomic E-state index is 13.2. The third-order valence-electron chi connectivity index (χ3n) is 5.63. The highest BCUT2D eigenvalue weighted by molar-refractivity contribution is 5.85. The lowest BCUT2D eigenvalue weighted by Crippen LogP contribution is -2.06. The van der Waals surface area contributed by atoms with Crippen LogP contribution in [0.25, 0.3) is 21.9 Å². The van der Waals surface area contributed by atoms with Crippen LogP contribution in [0.3, 0.4) is 0 Å². The molecule has 0 aliphatic carbocycles. The number of benzene rings is 2. The molecule has 2 aromatic carbocycles. The van der Waals surface area contributed by atoms with Gasteiger partial charge in [0.15, 0.2) is 11.3 Å². The van der Waals surface area contributed by atoms with Gasteiger partial charge >= 0.3 is 6.18 Å². The van der Waals surface area contributed by atoms with Gasteiger partial charge in [-0.05, 0) is 60.5 Å². The second kappa shape index (κ2) is 11.8. The van der Waals surface area contributed by atoms with Gasteiger partial charge in [0.25, 0.3) is 0 Å². The first-order valence-electron chi connectivity index (χ1n) is 12.0. The van der Waals surface area contributed by atoms with Crippen LogP contribution < -0.4 is 4.74 Å². The molecule has 0 radical (unpaired) electrons. The van der Waals surface area contributed by atoms with Crippen LogP contribution in [-0.2, 0) is 25.6 Å². The topological polar surface area (TPSA) is 64.0 Å². The molecule has 0 aliphatic rings. The molecule has 4 rings (SSSR count). The molecule has 0 saturated carbocycles. The summed E-state index contributed by atoms with van der Waals surface area (Å²) >= 11 is 0. The molecule has 0 saturated heterocycles. The lowest BCUT2D eigenvalue weighted by atomic mass is 10.0. The molecule has 0 atom stereocenters. The molecule has 35 heavy (non-hydrogen) atoms. The number of aromatic nitrogens is 2. The van der Waals surface area contributed by atoms with E-state index >= 15 is 0 Å². The smallest absolute Gasteiger partial charge is 0.437 e. The Morgan fingerprint density at radius 2 is 1.91 bits per heavy atom. The van der Waals surface area contributed by atoms with Crippen LogP contribution in [0.1, 0.15) is 56.9 Å². The minimum atomic E-state index is -4.56. The zero-order valence-electron chi connectivity index (χ0n) is 20.3. The largest absolute Gasteiger partial charge is 0.493 e. The Hall–Kier alpha value is -3.47. The maximum Gasteiger partial charge on any atom is 0.437 e. The fourth-order valence-corrected chi connectivity index (χ4v) is 4.08. The van der Waals surface area contributed by atoms with Gasteiger partial charge in [-0.15, -0.1) is 0 Å². The maximum absolute atomic E-state index is 13.2. The van der Waals surface area contributed by atoms with E-state index in [4.69, 9.17) is 14.5 Å². The van der Waals surface area contributed by atoms with Crippen molar-refractivity contribution in [1.29, 1.82) is 5.26 Å². The van der Waals surface area contributed by atoms with Crippen LogP contribution in [0, 0.1) is 11.3 Å². The minimum Gasteiger partial charge on any atom is -0.493 e. The van der Waals surface area contributed by atoms with E-state index < -0.39 is 11.9 Å². The van der Waals surface area contributed by atoms with Gasteiger partial charge in [0.2, 0.25) is 0 Å². The predicted octanol–water partition coefficient (Wildman–Crippen LogP) is 7.71. The van der Waals surface area contributed by atoms with Crippen LogP contribution in [0.4, 0.5) is 13.2 Å². The number of halogens is 3. The summed E-state index contributed by atoms with van der Waals surface area (Å²) in [6, 6.07) is 13.4. The number of hydrogen-bond donors (Lipinski definition) is 0. The fraction of sp³-hybridized carbons (Fsp3) is 0.407. The fourth-order valence-electron chi connectivity index (χ4n) is 4.08. The van der Waals surface area contributed by atoms with Gasteiger partial charge in [0.1, 0.15) is 5.75 Å². The van der Waals surface area contributed by atoms with Crippen molar-refractivity contribution in [3.63, 3.8) is 0 Å². The molecule has 186 valence electrons. The number of ether oxygens (including phenoxy) is 1. The van der Waals surface area contributed by atoms with Crippen molar-refractivity contribution in [2.45, 2.75) is 65.6 Å². The van der Waals surface area contributed by atoms with Gasteiger partial charge in [0.05, 0.1) is 18.1 Å². The highest BCUT2D eigenvalue weighted by atomic mass is 19.4. The van der Waals surface area contributed by atoms with Gasteiger partial charge in [-0.3, -0.25) is 0 Å². The number of rotatable bonds is 9. The average molecular weight is 486 g/mol. The summed E-state index contributed by atoms with van der Waals surface area (Å²) < 4.78 is 52.7. The average Bonchev–Trinajstić information content (AvgIpc) is 3.47. The molecule has 0 bridgehead atoms. The van der Waals surface area contributed by atoms with Crippen molar-refractivity contribution < 1.29 is 22.4 Å². The van der Waals surface area contributed by atoms with Crippen LogP contribution in [0.2, 0.25) is 0 Å². The van der Waals surface area contributed by atoms with Crippen LogP contribution >= 0.6 is 0 Å². The molecule has 4 aromatic rings. The summed E-state index contributed by atoms with van der Waals surface area (Å²) in [6.07, 6.45) is 0.715. The molecule has 2 aromatic heterocycles. The van der Waals surface area contributed by atoms with E-state index in [1.54, 1.807) is 6.07 Å². The quantitative estimate of drug-likeness (QED) is 0.228. The van der Waals surface area contributed by atoms with E-state index in [1.807, 2.05) is 33.0 Å². The number of aryl methyl sites for hydroxylation is 3. The SMILES string of the molecule is CC.CCCc1c(OCCCn2ccc3cc(CCC#N)ccc32)ccc2c(C(F)(F)F)noc12. The van der Waals surface area contributed by atoms with Crippen molar-refractivity contribution in [3.8, 4) is 11.8 Å².